The van der Waals surface area contributed by atoms with Crippen LogP contribution in [0, 0.1) is 5.92 Å². The van der Waals surface area contributed by atoms with E-state index in [9.17, 15) is 18.0 Å². The van der Waals surface area contributed by atoms with Crippen molar-refractivity contribution in [2.75, 3.05) is 32.8 Å². The van der Waals surface area contributed by atoms with Crippen molar-refractivity contribution in [3.05, 3.63) is 65.7 Å². The van der Waals surface area contributed by atoms with Crippen molar-refractivity contribution >= 4 is 11.7 Å². The molecule has 5 rings (SSSR count). The summed E-state index contributed by atoms with van der Waals surface area (Å²) >= 11 is 0. The van der Waals surface area contributed by atoms with Gasteiger partial charge in [0.15, 0.2) is 0 Å². The summed E-state index contributed by atoms with van der Waals surface area (Å²) in [6.07, 6.45) is 3.37. The van der Waals surface area contributed by atoms with Crippen LogP contribution in [-0.4, -0.2) is 60.5 Å². The fraction of sp³-hybridized carbons (Fsp3) is 0.448. The molecule has 1 saturated heterocycles. The Morgan fingerprint density at radius 2 is 1.65 bits per heavy atom. The summed E-state index contributed by atoms with van der Waals surface area (Å²) in [5, 5.41) is 0. The van der Waals surface area contributed by atoms with Gasteiger partial charge in [-0.15, -0.1) is 0 Å². The third kappa shape index (κ3) is 6.00. The van der Waals surface area contributed by atoms with Gasteiger partial charge in [0.25, 0.3) is 0 Å². The fourth-order valence-electron chi connectivity index (χ4n) is 5.18. The second-order valence-corrected chi connectivity index (χ2v) is 9.92. The van der Waals surface area contributed by atoms with Crippen molar-refractivity contribution in [1.82, 2.24) is 9.80 Å². The van der Waals surface area contributed by atoms with Crippen molar-refractivity contribution in [2.24, 2.45) is 10.9 Å². The number of piperidine rings is 1. The summed E-state index contributed by atoms with van der Waals surface area (Å²) in [4.78, 5) is 21.1. The number of carbonyl (C=O) groups excluding carboxylic acids is 1. The topological polar surface area (TPSA) is 45.1 Å². The van der Waals surface area contributed by atoms with E-state index in [1.165, 1.54) is 6.42 Å². The number of fused-ring (bicyclic) bond motifs is 1. The molecule has 8 heteroatoms. The number of alkyl halides is 3. The molecule has 2 aromatic rings. The van der Waals surface area contributed by atoms with Gasteiger partial charge in [-0.05, 0) is 67.0 Å². The Kier molecular flexibility index (Phi) is 7.53. The molecular weight excluding hydrogens is 479 g/mol. The molecule has 196 valence electrons. The van der Waals surface area contributed by atoms with Gasteiger partial charge in [-0.3, -0.25) is 4.99 Å². The fourth-order valence-corrected chi connectivity index (χ4v) is 5.18. The summed E-state index contributed by atoms with van der Waals surface area (Å²) in [5.41, 5.74) is 5.06. The van der Waals surface area contributed by atoms with Crippen LogP contribution in [0.5, 0.6) is 5.75 Å². The molecule has 3 aliphatic rings. The largest absolute Gasteiger partial charge is 0.491 e. The maximum atomic E-state index is 13.2. The first kappa shape index (κ1) is 25.4. The molecule has 1 fully saturated rings. The van der Waals surface area contributed by atoms with Crippen LogP contribution >= 0.6 is 0 Å². The molecule has 2 amide bonds. The third-order valence-electron chi connectivity index (χ3n) is 7.39. The highest BCUT2D eigenvalue weighted by Crippen LogP contribution is 2.35. The lowest BCUT2D eigenvalue weighted by molar-refractivity contribution is -0.183. The number of nitrogens with zero attached hydrogens (tertiary/aromatic N) is 3. The number of likely N-dealkylation sites (tertiary alicyclic amines) is 1. The summed E-state index contributed by atoms with van der Waals surface area (Å²) in [6.45, 7) is 2.21. The molecular formula is C29H32F3N3O2. The summed E-state index contributed by atoms with van der Waals surface area (Å²) in [6, 6.07) is 14.1. The average Bonchev–Trinajstić information content (AvgIpc) is 3.10. The molecule has 0 bridgehead atoms. The number of urea groups is 1. The lowest BCUT2D eigenvalue weighted by Crippen LogP contribution is -2.48. The molecule has 0 atom stereocenters. The highest BCUT2D eigenvalue weighted by Gasteiger charge is 2.42. The van der Waals surface area contributed by atoms with E-state index < -0.39 is 12.1 Å². The number of ether oxygens (including phenoxy) is 1. The molecule has 0 aliphatic carbocycles. The summed E-state index contributed by atoms with van der Waals surface area (Å²) in [7, 11) is 0. The van der Waals surface area contributed by atoms with Gasteiger partial charge in [0.2, 0.25) is 0 Å². The molecule has 2 aromatic carbocycles. The number of amides is 2. The van der Waals surface area contributed by atoms with Gasteiger partial charge in [-0.2, -0.15) is 13.2 Å². The minimum atomic E-state index is -4.20. The summed E-state index contributed by atoms with van der Waals surface area (Å²) < 4.78 is 45.0. The number of aliphatic imine (C=N–C) groups is 1. The van der Waals surface area contributed by atoms with E-state index in [1.807, 2.05) is 18.2 Å². The van der Waals surface area contributed by atoms with Crippen LogP contribution in [0.4, 0.5) is 18.0 Å². The predicted molar refractivity (Wildman–Crippen MR) is 138 cm³/mol. The molecule has 0 spiro atoms. The maximum Gasteiger partial charge on any atom is 0.391 e. The smallest absolute Gasteiger partial charge is 0.391 e. The van der Waals surface area contributed by atoms with Gasteiger partial charge in [0.1, 0.15) is 12.4 Å². The van der Waals surface area contributed by atoms with Crippen molar-refractivity contribution in [2.45, 2.75) is 44.8 Å². The van der Waals surface area contributed by atoms with Gasteiger partial charge in [0, 0.05) is 25.2 Å². The molecule has 0 N–H and O–H groups in total. The second-order valence-electron chi connectivity index (χ2n) is 9.92. The Bertz CT molecular complexity index is 1170. The zero-order chi connectivity index (χ0) is 25.8. The Hall–Kier alpha value is -3.29. The molecule has 5 nitrogen and oxygen atoms in total. The molecule has 0 radical (unpaired) electrons. The first-order valence-corrected chi connectivity index (χ1v) is 13.1. The molecule has 0 aromatic heterocycles. The number of hydrogen-bond donors (Lipinski definition) is 0. The van der Waals surface area contributed by atoms with E-state index in [0.717, 1.165) is 53.1 Å². The minimum absolute atomic E-state index is 0.0431. The van der Waals surface area contributed by atoms with E-state index in [1.54, 1.807) is 9.80 Å². The van der Waals surface area contributed by atoms with Crippen molar-refractivity contribution in [3.63, 3.8) is 0 Å². The Labute approximate surface area is 215 Å². The zero-order valence-corrected chi connectivity index (χ0v) is 20.8. The van der Waals surface area contributed by atoms with Crippen LogP contribution in [0.25, 0.3) is 11.1 Å². The highest BCUT2D eigenvalue weighted by atomic mass is 19.4. The van der Waals surface area contributed by atoms with E-state index in [2.05, 4.69) is 36.4 Å². The van der Waals surface area contributed by atoms with Crippen molar-refractivity contribution in [1.29, 1.82) is 0 Å². The van der Waals surface area contributed by atoms with E-state index in [4.69, 9.17) is 9.73 Å². The van der Waals surface area contributed by atoms with Crippen molar-refractivity contribution < 1.29 is 22.7 Å². The van der Waals surface area contributed by atoms with Gasteiger partial charge in [0.05, 0.1) is 24.7 Å². The van der Waals surface area contributed by atoms with Gasteiger partial charge >= 0.3 is 12.2 Å². The number of rotatable bonds is 2. The van der Waals surface area contributed by atoms with Crippen LogP contribution in [0.3, 0.4) is 0 Å². The highest BCUT2D eigenvalue weighted by molar-refractivity contribution is 6.08. The van der Waals surface area contributed by atoms with Crippen LogP contribution in [-0.2, 0) is 6.54 Å². The Morgan fingerprint density at radius 1 is 0.919 bits per heavy atom. The molecule has 3 heterocycles. The SMILES string of the molecule is O=C(N1CCC(C(F)(F)F)CC1)N1CCOc2ccc(-c3ccc(C4=NCCCCC=C4)cc3)cc2C1. The van der Waals surface area contributed by atoms with E-state index in [0.29, 0.717) is 19.7 Å². The number of carbonyl (C=O) groups is 1. The van der Waals surface area contributed by atoms with E-state index >= 15 is 0 Å². The predicted octanol–water partition coefficient (Wildman–Crippen LogP) is 6.47. The number of halogens is 3. The van der Waals surface area contributed by atoms with Gasteiger partial charge in [-0.25, -0.2) is 4.79 Å². The number of benzene rings is 2. The van der Waals surface area contributed by atoms with Crippen LogP contribution in [0.1, 0.15) is 43.2 Å². The van der Waals surface area contributed by atoms with Crippen LogP contribution in [0.15, 0.2) is 59.6 Å². The first-order valence-electron chi connectivity index (χ1n) is 13.1. The van der Waals surface area contributed by atoms with Crippen LogP contribution in [0.2, 0.25) is 0 Å². The lowest BCUT2D eigenvalue weighted by Gasteiger charge is -2.35. The van der Waals surface area contributed by atoms with Gasteiger partial charge in [-0.1, -0.05) is 36.4 Å². The Morgan fingerprint density at radius 3 is 2.41 bits per heavy atom. The number of hydrogen-bond acceptors (Lipinski definition) is 3. The summed E-state index contributed by atoms with van der Waals surface area (Å²) in [5.74, 6) is -0.589. The van der Waals surface area contributed by atoms with Gasteiger partial charge < -0.3 is 14.5 Å². The maximum absolute atomic E-state index is 13.2. The molecule has 3 aliphatic heterocycles. The lowest BCUT2D eigenvalue weighted by atomic mass is 9.96. The van der Waals surface area contributed by atoms with Crippen molar-refractivity contribution in [3.8, 4) is 16.9 Å². The molecule has 37 heavy (non-hydrogen) atoms. The Balaban J connectivity index is 1.29. The quantitative estimate of drug-likeness (QED) is 0.464. The molecule has 0 saturated carbocycles. The standard InChI is InChI=1S/C29H32F3N3O2/c30-29(31,32)25-12-15-34(16-13-25)28(36)35-17-18-37-27-11-10-23(19-24(27)20-35)21-6-8-22(9-7-21)26-5-3-1-2-4-14-33-26/h3,5-11,19,25H,1-2,4,12-18,20H2. The van der Waals surface area contributed by atoms with Crippen LogP contribution < -0.4 is 4.74 Å². The first-order chi connectivity index (χ1) is 17.9. The number of allylic oxidation sites excluding steroid dienone is 2. The minimum Gasteiger partial charge on any atom is -0.491 e. The zero-order valence-electron chi connectivity index (χ0n) is 20.8. The third-order valence-corrected chi connectivity index (χ3v) is 7.39. The van der Waals surface area contributed by atoms with E-state index in [-0.39, 0.29) is 32.0 Å². The second kappa shape index (κ2) is 11.0. The monoisotopic (exact) mass is 511 g/mol. The normalized spacial score (nSPS) is 19.3. The molecule has 0 unspecified atom stereocenters. The average molecular weight is 512 g/mol.